The molecule has 1 aromatic carbocycles. The molecule has 0 saturated carbocycles. The highest BCUT2D eigenvalue weighted by Gasteiger charge is 2.47. The van der Waals surface area contributed by atoms with Crippen molar-refractivity contribution in [3.05, 3.63) is 54.1 Å². The number of carbonyl (C=O) groups is 2. The summed E-state index contributed by atoms with van der Waals surface area (Å²) >= 11 is 0. The normalized spacial score (nSPS) is 19.1. The minimum atomic E-state index is -0.273. The monoisotopic (exact) mass is 370 g/mol. The Morgan fingerprint density at radius 2 is 1.89 bits per heavy atom. The number of piperidine rings is 1. The van der Waals surface area contributed by atoms with Gasteiger partial charge in [0.15, 0.2) is 0 Å². The van der Waals surface area contributed by atoms with Gasteiger partial charge in [0.25, 0.3) is 0 Å². The molecule has 2 aliphatic rings. The first-order valence-corrected chi connectivity index (χ1v) is 9.36. The third-order valence-corrected chi connectivity index (χ3v) is 5.84. The molecule has 7 heteroatoms. The number of amides is 2. The van der Waals surface area contributed by atoms with Crippen LogP contribution in [0.4, 0.5) is 4.39 Å². The van der Waals surface area contributed by atoms with E-state index in [-0.39, 0.29) is 29.7 Å². The maximum Gasteiger partial charge on any atom is 0.244 e. The Labute approximate surface area is 157 Å². The van der Waals surface area contributed by atoms with Crippen LogP contribution in [0.2, 0.25) is 0 Å². The van der Waals surface area contributed by atoms with Crippen molar-refractivity contribution < 1.29 is 14.0 Å². The molecule has 0 radical (unpaired) electrons. The van der Waals surface area contributed by atoms with E-state index in [1.807, 2.05) is 9.80 Å². The van der Waals surface area contributed by atoms with Crippen LogP contribution >= 0.6 is 0 Å². The molecule has 0 bridgehead atoms. The largest absolute Gasteiger partial charge is 0.341 e. The van der Waals surface area contributed by atoms with Gasteiger partial charge < -0.3 is 9.80 Å². The molecule has 2 amide bonds. The van der Waals surface area contributed by atoms with Gasteiger partial charge in [0.1, 0.15) is 12.4 Å². The summed E-state index contributed by atoms with van der Waals surface area (Å²) in [6.45, 7) is 2.04. The highest BCUT2D eigenvalue weighted by molar-refractivity contribution is 5.80. The Kier molecular flexibility index (Phi) is 4.68. The van der Waals surface area contributed by atoms with Gasteiger partial charge in [-0.15, -0.1) is 0 Å². The molecule has 0 aliphatic carbocycles. The van der Waals surface area contributed by atoms with Crippen molar-refractivity contribution in [3.8, 4) is 0 Å². The summed E-state index contributed by atoms with van der Waals surface area (Å²) in [7, 11) is 0. The van der Waals surface area contributed by atoms with Crippen molar-refractivity contribution in [1.82, 2.24) is 19.6 Å². The third-order valence-electron chi connectivity index (χ3n) is 5.84. The fraction of sp³-hybridized carbons (Fsp3) is 0.450. The maximum atomic E-state index is 13.2. The van der Waals surface area contributed by atoms with E-state index >= 15 is 0 Å². The van der Waals surface area contributed by atoms with Crippen molar-refractivity contribution >= 4 is 11.8 Å². The molecule has 2 aliphatic heterocycles. The fourth-order valence-electron chi connectivity index (χ4n) is 4.23. The Morgan fingerprint density at radius 1 is 1.15 bits per heavy atom. The van der Waals surface area contributed by atoms with Crippen LogP contribution < -0.4 is 0 Å². The minimum Gasteiger partial charge on any atom is -0.341 e. The number of nitrogens with zero attached hydrogens (tertiary/aromatic N) is 4. The summed E-state index contributed by atoms with van der Waals surface area (Å²) in [6.07, 6.45) is 6.38. The summed E-state index contributed by atoms with van der Waals surface area (Å²) < 4.78 is 14.8. The van der Waals surface area contributed by atoms with E-state index in [0.717, 1.165) is 24.8 Å². The highest BCUT2D eigenvalue weighted by atomic mass is 19.1. The van der Waals surface area contributed by atoms with Gasteiger partial charge in [0.2, 0.25) is 11.8 Å². The summed E-state index contributed by atoms with van der Waals surface area (Å²) in [5, 5.41) is 4.09. The average molecular weight is 370 g/mol. The fourth-order valence-corrected chi connectivity index (χ4v) is 4.23. The second kappa shape index (κ2) is 7.13. The van der Waals surface area contributed by atoms with Gasteiger partial charge in [0, 0.05) is 44.0 Å². The van der Waals surface area contributed by atoms with E-state index in [1.165, 1.54) is 12.1 Å². The molecule has 142 valence electrons. The molecule has 4 rings (SSSR count). The zero-order valence-corrected chi connectivity index (χ0v) is 15.2. The number of halogens is 1. The molecule has 0 N–H and O–H groups in total. The van der Waals surface area contributed by atoms with Gasteiger partial charge >= 0.3 is 0 Å². The van der Waals surface area contributed by atoms with Crippen molar-refractivity contribution in [1.29, 1.82) is 0 Å². The van der Waals surface area contributed by atoms with Gasteiger partial charge in [-0.3, -0.25) is 14.3 Å². The van der Waals surface area contributed by atoms with Gasteiger partial charge in [-0.25, -0.2) is 4.39 Å². The average Bonchev–Trinajstić information content (AvgIpc) is 3.28. The Balaban J connectivity index is 1.41. The third kappa shape index (κ3) is 3.59. The minimum absolute atomic E-state index is 0.0583. The Bertz CT molecular complexity index is 811. The van der Waals surface area contributed by atoms with Crippen LogP contribution in [-0.2, 0) is 22.7 Å². The van der Waals surface area contributed by atoms with Crippen LogP contribution in [0.15, 0.2) is 42.7 Å². The second-order valence-electron chi connectivity index (χ2n) is 7.42. The number of aromatic nitrogens is 2. The molecule has 1 aromatic heterocycles. The number of hydrogen-bond acceptors (Lipinski definition) is 3. The lowest BCUT2D eigenvalue weighted by Crippen LogP contribution is -2.54. The molecular formula is C20H23FN4O2. The first-order chi connectivity index (χ1) is 13.1. The zero-order chi connectivity index (χ0) is 18.9. The van der Waals surface area contributed by atoms with E-state index in [2.05, 4.69) is 5.10 Å². The van der Waals surface area contributed by atoms with Crippen LogP contribution in [0.3, 0.4) is 0 Å². The number of hydrogen-bond donors (Lipinski definition) is 0. The number of rotatable bonds is 4. The Hall–Kier alpha value is -2.70. The molecule has 27 heavy (non-hydrogen) atoms. The van der Waals surface area contributed by atoms with E-state index in [9.17, 15) is 14.0 Å². The highest BCUT2D eigenvalue weighted by Crippen LogP contribution is 2.40. The van der Waals surface area contributed by atoms with Crippen LogP contribution in [0, 0.1) is 5.82 Å². The standard InChI is InChI=1S/C20H23FN4O2/c21-17-4-2-16(3-5-17)14-25-18(26)6-7-20(25)8-12-23(13-9-20)19(27)15-24-11-1-10-22-24/h1-5,10-11H,6-9,12-15H2. The number of benzene rings is 1. The van der Waals surface area contributed by atoms with E-state index in [0.29, 0.717) is 26.1 Å². The molecule has 0 atom stereocenters. The van der Waals surface area contributed by atoms with E-state index in [1.54, 1.807) is 35.3 Å². The second-order valence-corrected chi connectivity index (χ2v) is 7.42. The van der Waals surface area contributed by atoms with Gasteiger partial charge in [0.05, 0.1) is 0 Å². The van der Waals surface area contributed by atoms with Crippen molar-refractivity contribution in [2.75, 3.05) is 13.1 Å². The number of likely N-dealkylation sites (tertiary alicyclic amines) is 2. The molecule has 6 nitrogen and oxygen atoms in total. The smallest absolute Gasteiger partial charge is 0.244 e. The van der Waals surface area contributed by atoms with Crippen LogP contribution in [0.25, 0.3) is 0 Å². The van der Waals surface area contributed by atoms with Crippen molar-refractivity contribution in [3.63, 3.8) is 0 Å². The molecule has 0 unspecified atom stereocenters. The van der Waals surface area contributed by atoms with E-state index in [4.69, 9.17) is 0 Å². The molecule has 2 saturated heterocycles. The SMILES string of the molecule is O=C(Cn1cccn1)N1CCC2(CCC(=O)N2Cc2ccc(F)cc2)CC1. The van der Waals surface area contributed by atoms with Crippen LogP contribution in [-0.4, -0.2) is 50.0 Å². The van der Waals surface area contributed by atoms with Gasteiger partial charge in [-0.05, 0) is 43.0 Å². The lowest BCUT2D eigenvalue weighted by Gasteiger charge is -2.45. The van der Waals surface area contributed by atoms with Crippen molar-refractivity contribution in [2.24, 2.45) is 0 Å². The van der Waals surface area contributed by atoms with Gasteiger partial charge in [-0.1, -0.05) is 12.1 Å². The predicted octanol–water partition coefficient (Wildman–Crippen LogP) is 2.21. The zero-order valence-electron chi connectivity index (χ0n) is 15.2. The molecule has 2 aromatic rings. The van der Waals surface area contributed by atoms with Crippen LogP contribution in [0.5, 0.6) is 0 Å². The molecular weight excluding hydrogens is 347 g/mol. The first-order valence-electron chi connectivity index (χ1n) is 9.36. The summed E-state index contributed by atoms with van der Waals surface area (Å²) in [5.41, 5.74) is 0.747. The van der Waals surface area contributed by atoms with Crippen molar-refractivity contribution in [2.45, 2.75) is 44.3 Å². The summed E-state index contributed by atoms with van der Waals surface area (Å²) in [4.78, 5) is 28.8. The van der Waals surface area contributed by atoms with Crippen LogP contribution in [0.1, 0.15) is 31.2 Å². The molecule has 3 heterocycles. The summed E-state index contributed by atoms with van der Waals surface area (Å²) in [5.74, 6) is -0.0659. The molecule has 2 fully saturated rings. The topological polar surface area (TPSA) is 58.4 Å². The van der Waals surface area contributed by atoms with Gasteiger partial charge in [-0.2, -0.15) is 5.10 Å². The summed E-state index contributed by atoms with van der Waals surface area (Å²) in [6, 6.07) is 8.13. The predicted molar refractivity (Wildman–Crippen MR) is 97.0 cm³/mol. The lowest BCUT2D eigenvalue weighted by atomic mass is 9.84. The first kappa shape index (κ1) is 17.7. The lowest BCUT2D eigenvalue weighted by molar-refractivity contribution is -0.137. The Morgan fingerprint density at radius 3 is 2.56 bits per heavy atom. The quantitative estimate of drug-likeness (QED) is 0.829. The number of carbonyl (C=O) groups excluding carboxylic acids is 2. The van der Waals surface area contributed by atoms with E-state index < -0.39 is 0 Å². The molecule has 1 spiro atoms. The maximum absolute atomic E-state index is 13.2.